The summed E-state index contributed by atoms with van der Waals surface area (Å²) in [5.74, 6) is -0.573. The number of hydrogen-bond acceptors (Lipinski definition) is 6. The number of cyclic esters (lactones) is 1. The molecule has 34 heavy (non-hydrogen) atoms. The SMILES string of the molecule is CC1C[C@@]2(NS(C)(=O)=O)C(=O)O[C@H](C)[C@H]2C(/C=C/c2ccc(-c3ccccc3C#N)cn2)C1C. The summed E-state index contributed by atoms with van der Waals surface area (Å²) in [4.78, 5) is 17.5. The first-order valence-corrected chi connectivity index (χ1v) is 13.3. The van der Waals surface area contributed by atoms with Gasteiger partial charge in [0.05, 0.1) is 23.6 Å². The number of ether oxygens (including phenoxy) is 1. The summed E-state index contributed by atoms with van der Waals surface area (Å²) in [6, 6.07) is 13.4. The van der Waals surface area contributed by atoms with Crippen LogP contribution in [0.15, 0.2) is 48.7 Å². The minimum absolute atomic E-state index is 0.0831. The van der Waals surface area contributed by atoms with Gasteiger partial charge in [-0.05, 0) is 49.3 Å². The van der Waals surface area contributed by atoms with Crippen LogP contribution in [0.5, 0.6) is 0 Å². The van der Waals surface area contributed by atoms with E-state index in [1.54, 1.807) is 12.3 Å². The first kappa shape index (κ1) is 24.1. The van der Waals surface area contributed by atoms with Crippen LogP contribution in [0.2, 0.25) is 0 Å². The molecule has 1 N–H and O–H groups in total. The monoisotopic (exact) mass is 479 g/mol. The molecule has 1 saturated carbocycles. The average Bonchev–Trinajstić information content (AvgIpc) is 3.02. The van der Waals surface area contributed by atoms with Gasteiger partial charge in [-0.1, -0.05) is 44.2 Å². The van der Waals surface area contributed by atoms with Gasteiger partial charge >= 0.3 is 5.97 Å². The zero-order valence-electron chi connectivity index (χ0n) is 19.7. The highest BCUT2D eigenvalue weighted by Gasteiger charge is 2.63. The molecule has 1 aromatic heterocycles. The number of hydrogen-bond donors (Lipinski definition) is 1. The van der Waals surface area contributed by atoms with Crippen molar-refractivity contribution in [2.45, 2.75) is 38.8 Å². The van der Waals surface area contributed by atoms with Gasteiger partial charge in [0.15, 0.2) is 0 Å². The molecular formula is C26H29N3O4S. The number of benzene rings is 1. The fourth-order valence-corrected chi connectivity index (χ4v) is 6.59. The van der Waals surface area contributed by atoms with Crippen molar-refractivity contribution in [2.75, 3.05) is 6.26 Å². The van der Waals surface area contributed by atoms with Crippen molar-refractivity contribution in [1.82, 2.24) is 9.71 Å². The standard InChI is InChI=1S/C26H29N3O4S/c1-16-13-26(29-34(4,31)32)24(18(3)33-25(26)30)22(17(16)2)12-11-21-10-9-20(15-28-21)23-8-6-5-7-19(23)14-27/h5-12,15-18,22,24,29H,13H2,1-4H3/b12-11+/t16?,17?,18-,22?,24+,26+/m1/s1. The quantitative estimate of drug-likeness (QED) is 0.654. The normalized spacial score (nSPS) is 31.1. The number of pyridine rings is 1. The lowest BCUT2D eigenvalue weighted by Crippen LogP contribution is -2.62. The molecule has 1 aromatic carbocycles. The zero-order chi connectivity index (χ0) is 24.7. The third kappa shape index (κ3) is 4.38. The second kappa shape index (κ2) is 8.97. The van der Waals surface area contributed by atoms with Crippen molar-refractivity contribution >= 4 is 22.1 Å². The summed E-state index contributed by atoms with van der Waals surface area (Å²) in [6.45, 7) is 6.01. The highest BCUT2D eigenvalue weighted by atomic mass is 32.2. The Morgan fingerprint density at radius 1 is 1.21 bits per heavy atom. The Hall–Kier alpha value is -3.02. The van der Waals surface area contributed by atoms with E-state index in [2.05, 4.69) is 22.7 Å². The van der Waals surface area contributed by atoms with Gasteiger partial charge in [0, 0.05) is 23.2 Å². The molecule has 4 rings (SSSR count). The summed E-state index contributed by atoms with van der Waals surface area (Å²) in [7, 11) is -3.62. The zero-order valence-corrected chi connectivity index (χ0v) is 20.5. The topological polar surface area (TPSA) is 109 Å². The fourth-order valence-electron chi connectivity index (χ4n) is 5.63. The largest absolute Gasteiger partial charge is 0.461 e. The summed E-state index contributed by atoms with van der Waals surface area (Å²) >= 11 is 0. The maximum Gasteiger partial charge on any atom is 0.328 e. The summed E-state index contributed by atoms with van der Waals surface area (Å²) < 4.78 is 32.6. The molecule has 2 aliphatic rings. The molecule has 6 atom stereocenters. The molecule has 8 heteroatoms. The van der Waals surface area contributed by atoms with Crippen LogP contribution in [0.3, 0.4) is 0 Å². The van der Waals surface area contributed by atoms with Crippen LogP contribution in [0.25, 0.3) is 17.2 Å². The predicted molar refractivity (Wildman–Crippen MR) is 130 cm³/mol. The maximum absolute atomic E-state index is 12.9. The summed E-state index contributed by atoms with van der Waals surface area (Å²) in [5, 5.41) is 9.36. The Morgan fingerprint density at radius 3 is 2.59 bits per heavy atom. The van der Waals surface area contributed by atoms with E-state index in [-0.39, 0.29) is 23.7 Å². The van der Waals surface area contributed by atoms with E-state index in [1.165, 1.54) is 0 Å². The van der Waals surface area contributed by atoms with E-state index < -0.39 is 27.6 Å². The Labute approximate surface area is 200 Å². The lowest BCUT2D eigenvalue weighted by molar-refractivity contribution is -0.146. The molecule has 1 aliphatic carbocycles. The second-order valence-electron chi connectivity index (χ2n) is 9.59. The van der Waals surface area contributed by atoms with E-state index in [1.807, 2.05) is 56.3 Å². The van der Waals surface area contributed by atoms with Crippen molar-refractivity contribution in [3.05, 3.63) is 59.9 Å². The number of nitriles is 1. The molecule has 0 radical (unpaired) electrons. The molecule has 3 unspecified atom stereocenters. The van der Waals surface area contributed by atoms with Crippen LogP contribution in [-0.2, 0) is 19.6 Å². The van der Waals surface area contributed by atoms with Gasteiger partial charge in [0.1, 0.15) is 11.6 Å². The van der Waals surface area contributed by atoms with Gasteiger partial charge in [-0.25, -0.2) is 13.2 Å². The minimum Gasteiger partial charge on any atom is -0.461 e. The highest BCUT2D eigenvalue weighted by Crippen LogP contribution is 2.51. The van der Waals surface area contributed by atoms with Crippen LogP contribution < -0.4 is 4.72 Å². The molecule has 0 amide bonds. The Bertz CT molecular complexity index is 1270. The first-order chi connectivity index (χ1) is 16.1. The number of esters is 1. The molecule has 0 bridgehead atoms. The number of fused-ring (bicyclic) bond motifs is 1. The smallest absolute Gasteiger partial charge is 0.328 e. The van der Waals surface area contributed by atoms with Crippen molar-refractivity contribution in [2.24, 2.45) is 23.7 Å². The van der Waals surface area contributed by atoms with Gasteiger partial charge in [-0.15, -0.1) is 0 Å². The van der Waals surface area contributed by atoms with Crippen molar-refractivity contribution < 1.29 is 17.9 Å². The Morgan fingerprint density at radius 2 is 1.94 bits per heavy atom. The number of sulfonamides is 1. The van der Waals surface area contributed by atoms with Crippen LogP contribution in [0.4, 0.5) is 0 Å². The fraction of sp³-hybridized carbons (Fsp3) is 0.423. The number of allylic oxidation sites excluding steroid dienone is 1. The third-order valence-electron chi connectivity index (χ3n) is 7.30. The molecule has 178 valence electrons. The number of nitrogens with zero attached hydrogens (tertiary/aromatic N) is 2. The number of carbonyl (C=O) groups is 1. The minimum atomic E-state index is -3.62. The van der Waals surface area contributed by atoms with Crippen molar-refractivity contribution in [3.8, 4) is 17.2 Å². The first-order valence-electron chi connectivity index (χ1n) is 11.4. The summed E-state index contributed by atoms with van der Waals surface area (Å²) in [5.41, 5.74) is 1.76. The van der Waals surface area contributed by atoms with E-state index in [0.717, 1.165) is 23.1 Å². The van der Waals surface area contributed by atoms with Crippen LogP contribution in [0, 0.1) is 35.0 Å². The van der Waals surface area contributed by atoms with Gasteiger partial charge < -0.3 is 4.74 Å². The molecule has 0 spiro atoms. The number of rotatable bonds is 5. The van der Waals surface area contributed by atoms with Crippen LogP contribution in [0.1, 0.15) is 38.4 Å². The van der Waals surface area contributed by atoms with Crippen molar-refractivity contribution in [1.29, 1.82) is 5.26 Å². The highest BCUT2D eigenvalue weighted by molar-refractivity contribution is 7.88. The summed E-state index contributed by atoms with van der Waals surface area (Å²) in [6.07, 6.45) is 6.77. The Balaban J connectivity index is 1.65. The maximum atomic E-state index is 12.9. The van der Waals surface area contributed by atoms with Gasteiger partial charge in [-0.3, -0.25) is 4.98 Å². The van der Waals surface area contributed by atoms with Crippen LogP contribution in [-0.4, -0.2) is 37.3 Å². The third-order valence-corrected chi connectivity index (χ3v) is 8.03. The molecular weight excluding hydrogens is 450 g/mol. The molecule has 1 saturated heterocycles. The molecule has 2 heterocycles. The predicted octanol–water partition coefficient (Wildman–Crippen LogP) is 3.78. The Kier molecular flexibility index (Phi) is 6.36. The molecule has 7 nitrogen and oxygen atoms in total. The van der Waals surface area contributed by atoms with Gasteiger partial charge in [0.2, 0.25) is 10.0 Å². The number of carbonyl (C=O) groups excluding carboxylic acids is 1. The van der Waals surface area contributed by atoms with Crippen molar-refractivity contribution in [3.63, 3.8) is 0 Å². The van der Waals surface area contributed by atoms with E-state index in [9.17, 15) is 18.5 Å². The molecule has 2 fully saturated rings. The van der Waals surface area contributed by atoms with E-state index in [0.29, 0.717) is 12.0 Å². The van der Waals surface area contributed by atoms with Gasteiger partial charge in [-0.2, -0.15) is 9.98 Å². The lowest BCUT2D eigenvalue weighted by atomic mass is 9.59. The second-order valence-corrected chi connectivity index (χ2v) is 11.3. The lowest BCUT2D eigenvalue weighted by Gasteiger charge is -2.47. The molecule has 1 aliphatic heterocycles. The van der Waals surface area contributed by atoms with Crippen LogP contribution >= 0.6 is 0 Å². The van der Waals surface area contributed by atoms with E-state index >= 15 is 0 Å². The van der Waals surface area contributed by atoms with Gasteiger partial charge in [0.25, 0.3) is 0 Å². The molecule has 2 aromatic rings. The average molecular weight is 480 g/mol. The number of nitrogens with one attached hydrogen (secondary N) is 1. The number of aromatic nitrogens is 1. The van der Waals surface area contributed by atoms with E-state index in [4.69, 9.17) is 4.74 Å².